The van der Waals surface area contributed by atoms with Crippen LogP contribution in [-0.4, -0.2) is 16.3 Å². The zero-order valence-corrected chi connectivity index (χ0v) is 15.1. The van der Waals surface area contributed by atoms with Crippen LogP contribution in [0.3, 0.4) is 0 Å². The minimum atomic E-state index is -0.110. The Kier molecular flexibility index (Phi) is 4.77. The number of hydrogen-bond acceptors (Lipinski definition) is 2. The van der Waals surface area contributed by atoms with Crippen LogP contribution >= 0.6 is 0 Å². The molecule has 2 heteroatoms. The minimum Gasteiger partial charge on any atom is -0.509 e. The summed E-state index contributed by atoms with van der Waals surface area (Å²) in [5.41, 5.74) is 2.25. The number of fused-ring (bicyclic) bond motifs is 1. The van der Waals surface area contributed by atoms with E-state index in [2.05, 4.69) is 52.5 Å². The molecule has 0 radical (unpaired) electrons. The van der Waals surface area contributed by atoms with Crippen LogP contribution in [0.4, 0.5) is 0 Å². The Hall–Kier alpha value is -1.54. The van der Waals surface area contributed by atoms with Gasteiger partial charge in [0.2, 0.25) is 0 Å². The van der Waals surface area contributed by atoms with Crippen molar-refractivity contribution in [2.24, 2.45) is 5.41 Å². The number of allylic oxidation sites excluding steroid dienone is 7. The van der Waals surface area contributed by atoms with Crippen molar-refractivity contribution in [2.75, 3.05) is 0 Å². The topological polar surface area (TPSA) is 32.8 Å². The van der Waals surface area contributed by atoms with Gasteiger partial charge in [0.25, 0.3) is 0 Å². The van der Waals surface area contributed by atoms with Crippen molar-refractivity contribution in [3.63, 3.8) is 0 Å². The van der Waals surface area contributed by atoms with Crippen molar-refractivity contribution in [2.45, 2.75) is 65.1 Å². The molecule has 0 bridgehead atoms. The first-order valence-electron chi connectivity index (χ1n) is 8.42. The van der Waals surface area contributed by atoms with Gasteiger partial charge in [0.05, 0.1) is 5.60 Å². The van der Waals surface area contributed by atoms with Crippen LogP contribution in [0.1, 0.15) is 53.9 Å². The SMILES string of the molecule is C=C(O)/C=C(C)/C=C/C=C(C)/C=C/C12OC1(C)CCCC2(C)C. The molecule has 0 amide bonds. The third-order valence-corrected chi connectivity index (χ3v) is 5.28. The van der Waals surface area contributed by atoms with Crippen LogP contribution in [0, 0.1) is 5.41 Å². The lowest BCUT2D eigenvalue weighted by molar-refractivity contribution is 0.166. The van der Waals surface area contributed by atoms with E-state index in [0.717, 1.165) is 12.0 Å². The van der Waals surface area contributed by atoms with Crippen molar-refractivity contribution in [1.29, 1.82) is 0 Å². The molecule has 0 aromatic carbocycles. The van der Waals surface area contributed by atoms with Gasteiger partial charge in [0.1, 0.15) is 11.4 Å². The molecule has 2 atom stereocenters. The van der Waals surface area contributed by atoms with Gasteiger partial charge in [0.15, 0.2) is 0 Å². The van der Waals surface area contributed by atoms with Gasteiger partial charge < -0.3 is 9.84 Å². The monoisotopic (exact) mass is 314 g/mol. The molecular weight excluding hydrogens is 284 g/mol. The number of ether oxygens (including phenoxy) is 1. The number of epoxide rings is 1. The second-order valence-electron chi connectivity index (χ2n) is 7.79. The Morgan fingerprint density at radius 2 is 1.78 bits per heavy atom. The average Bonchev–Trinajstić information content (AvgIpc) is 3.03. The second kappa shape index (κ2) is 6.16. The zero-order valence-electron chi connectivity index (χ0n) is 15.1. The molecule has 2 rings (SSSR count). The zero-order chi connectivity index (χ0) is 17.3. The second-order valence-corrected chi connectivity index (χ2v) is 7.79. The predicted molar refractivity (Wildman–Crippen MR) is 97.4 cm³/mol. The molecule has 1 saturated heterocycles. The maximum Gasteiger partial charge on any atom is 0.121 e. The van der Waals surface area contributed by atoms with Gasteiger partial charge in [-0.2, -0.15) is 0 Å². The summed E-state index contributed by atoms with van der Waals surface area (Å²) < 4.78 is 6.23. The van der Waals surface area contributed by atoms with Gasteiger partial charge in [-0.05, 0) is 57.8 Å². The molecule has 1 saturated carbocycles. The lowest BCUT2D eigenvalue weighted by Crippen LogP contribution is -2.41. The highest BCUT2D eigenvalue weighted by atomic mass is 16.6. The predicted octanol–water partition coefficient (Wildman–Crippen LogP) is 5.80. The van der Waals surface area contributed by atoms with E-state index >= 15 is 0 Å². The van der Waals surface area contributed by atoms with Gasteiger partial charge in [-0.15, -0.1) is 0 Å². The molecule has 2 aliphatic rings. The van der Waals surface area contributed by atoms with Crippen molar-refractivity contribution in [3.8, 4) is 0 Å². The van der Waals surface area contributed by atoms with E-state index in [1.165, 1.54) is 18.4 Å². The van der Waals surface area contributed by atoms with Crippen LogP contribution in [0.5, 0.6) is 0 Å². The fourth-order valence-corrected chi connectivity index (χ4v) is 3.88. The van der Waals surface area contributed by atoms with Crippen LogP contribution in [0.2, 0.25) is 0 Å². The molecule has 1 aliphatic heterocycles. The van der Waals surface area contributed by atoms with E-state index in [4.69, 9.17) is 9.84 Å². The van der Waals surface area contributed by atoms with Gasteiger partial charge >= 0.3 is 0 Å². The maximum absolute atomic E-state index is 9.12. The minimum absolute atomic E-state index is 0.0161. The lowest BCUT2D eigenvalue weighted by Gasteiger charge is -2.36. The van der Waals surface area contributed by atoms with E-state index in [1.54, 1.807) is 6.08 Å². The summed E-state index contributed by atoms with van der Waals surface area (Å²) in [7, 11) is 0. The molecule has 126 valence electrons. The standard InChI is InChI=1S/C21H30O2/c1-16(9-7-10-17(2)15-18(3)22)11-14-21-19(4,5)12-8-13-20(21,6)23-21/h7,9-11,14-15,22H,3,8,12-13H2,1-2,4-6H3/b10-7+,14-11+,16-9+,17-15+. The maximum atomic E-state index is 9.12. The molecule has 1 N–H and O–H groups in total. The molecule has 23 heavy (non-hydrogen) atoms. The molecule has 0 aromatic heterocycles. The van der Waals surface area contributed by atoms with Crippen LogP contribution in [0.15, 0.2) is 59.9 Å². The van der Waals surface area contributed by atoms with Crippen LogP contribution in [-0.2, 0) is 4.74 Å². The van der Waals surface area contributed by atoms with Gasteiger partial charge in [-0.25, -0.2) is 0 Å². The molecule has 2 fully saturated rings. The summed E-state index contributed by atoms with van der Waals surface area (Å²) in [6.07, 6.45) is 15.7. The van der Waals surface area contributed by atoms with Crippen molar-refractivity contribution < 1.29 is 9.84 Å². The number of aliphatic hydroxyl groups excluding tert-OH is 1. The highest BCUT2D eigenvalue weighted by Gasteiger charge is 2.73. The third kappa shape index (κ3) is 3.53. The number of aliphatic hydroxyl groups is 1. The van der Waals surface area contributed by atoms with E-state index in [-0.39, 0.29) is 22.4 Å². The first-order chi connectivity index (χ1) is 10.6. The molecule has 0 aromatic rings. The van der Waals surface area contributed by atoms with Gasteiger partial charge in [-0.3, -0.25) is 0 Å². The quantitative estimate of drug-likeness (QED) is 0.395. The Labute approximate surface area is 140 Å². The first kappa shape index (κ1) is 17.8. The Morgan fingerprint density at radius 3 is 2.39 bits per heavy atom. The van der Waals surface area contributed by atoms with E-state index < -0.39 is 0 Å². The molecule has 2 nitrogen and oxygen atoms in total. The molecular formula is C21H30O2. The number of hydrogen-bond donors (Lipinski definition) is 1. The Balaban J connectivity index is 2.07. The summed E-state index contributed by atoms with van der Waals surface area (Å²) in [4.78, 5) is 0. The Bertz CT molecular complexity index is 603. The van der Waals surface area contributed by atoms with E-state index in [0.29, 0.717) is 0 Å². The summed E-state index contributed by atoms with van der Waals surface area (Å²) in [5.74, 6) is 0.0801. The highest BCUT2D eigenvalue weighted by Crippen LogP contribution is 2.66. The average molecular weight is 314 g/mol. The first-order valence-corrected chi connectivity index (χ1v) is 8.42. The molecule has 0 spiro atoms. The highest BCUT2D eigenvalue weighted by molar-refractivity contribution is 5.36. The Morgan fingerprint density at radius 1 is 1.09 bits per heavy atom. The van der Waals surface area contributed by atoms with Crippen LogP contribution < -0.4 is 0 Å². The van der Waals surface area contributed by atoms with Gasteiger partial charge in [-0.1, -0.05) is 50.3 Å². The number of rotatable bonds is 5. The largest absolute Gasteiger partial charge is 0.509 e. The summed E-state index contributed by atoms with van der Waals surface area (Å²) >= 11 is 0. The van der Waals surface area contributed by atoms with Crippen molar-refractivity contribution in [3.05, 3.63) is 59.9 Å². The lowest BCUT2D eigenvalue weighted by atomic mass is 9.64. The fourth-order valence-electron chi connectivity index (χ4n) is 3.88. The van der Waals surface area contributed by atoms with Crippen molar-refractivity contribution in [1.82, 2.24) is 0 Å². The van der Waals surface area contributed by atoms with Crippen LogP contribution in [0.25, 0.3) is 0 Å². The molecule has 1 heterocycles. The smallest absolute Gasteiger partial charge is 0.121 e. The summed E-state index contributed by atoms with van der Waals surface area (Å²) in [6, 6.07) is 0. The molecule has 2 unspecified atom stereocenters. The summed E-state index contributed by atoms with van der Waals surface area (Å²) in [5, 5.41) is 9.12. The van der Waals surface area contributed by atoms with E-state index in [1.807, 2.05) is 19.1 Å². The normalized spacial score (nSPS) is 34.0. The molecule has 1 aliphatic carbocycles. The van der Waals surface area contributed by atoms with Crippen molar-refractivity contribution >= 4 is 0 Å². The van der Waals surface area contributed by atoms with Gasteiger partial charge in [0, 0.05) is 5.41 Å². The fraction of sp³-hybridized carbons (Fsp3) is 0.524. The third-order valence-electron chi connectivity index (χ3n) is 5.28. The summed E-state index contributed by atoms with van der Waals surface area (Å²) in [6.45, 7) is 14.4. The van der Waals surface area contributed by atoms with E-state index in [9.17, 15) is 0 Å².